The van der Waals surface area contributed by atoms with Crippen molar-refractivity contribution >= 4 is 34.2 Å². The number of hydrogen-bond donors (Lipinski definition) is 2. The van der Waals surface area contributed by atoms with Gasteiger partial charge in [-0.3, -0.25) is 9.78 Å². The number of pyridine rings is 1. The number of carboxylic acid groups (broad SMARTS) is 1. The third-order valence-corrected chi connectivity index (χ3v) is 6.60. The minimum atomic E-state index is -1.13. The van der Waals surface area contributed by atoms with E-state index >= 15 is 0 Å². The summed E-state index contributed by atoms with van der Waals surface area (Å²) in [4.78, 5) is 29.1. The van der Waals surface area contributed by atoms with Crippen molar-refractivity contribution in [1.82, 2.24) is 10.3 Å². The summed E-state index contributed by atoms with van der Waals surface area (Å²) in [5, 5.41) is 13.9. The minimum absolute atomic E-state index is 0.0351. The lowest BCUT2D eigenvalue weighted by molar-refractivity contribution is -0.139. The van der Waals surface area contributed by atoms with Gasteiger partial charge in [0.05, 0.1) is 5.02 Å². The highest BCUT2D eigenvalue weighted by Gasteiger charge is 2.22. The first-order valence-corrected chi connectivity index (χ1v) is 12.3. The van der Waals surface area contributed by atoms with Gasteiger partial charge in [-0.25, -0.2) is 9.18 Å². The number of halogens is 2. The van der Waals surface area contributed by atoms with Crippen LogP contribution in [0.2, 0.25) is 5.02 Å². The highest BCUT2D eigenvalue weighted by atomic mass is 35.5. The third kappa shape index (κ3) is 5.56. The Morgan fingerprint density at radius 2 is 1.47 bits per heavy atom. The van der Waals surface area contributed by atoms with Crippen LogP contribution in [0, 0.1) is 5.82 Å². The summed E-state index contributed by atoms with van der Waals surface area (Å²) in [5.74, 6) is -2.19. The first-order chi connectivity index (χ1) is 18.4. The van der Waals surface area contributed by atoms with Crippen molar-refractivity contribution in [3.63, 3.8) is 0 Å². The maximum Gasteiger partial charge on any atom is 0.326 e. The molecule has 0 aliphatic heterocycles. The van der Waals surface area contributed by atoms with Crippen molar-refractivity contribution in [3.05, 3.63) is 125 Å². The number of nitrogens with zero attached hydrogens (tertiary/aromatic N) is 1. The molecule has 0 radical (unpaired) electrons. The van der Waals surface area contributed by atoms with Crippen molar-refractivity contribution in [3.8, 4) is 22.3 Å². The Morgan fingerprint density at radius 1 is 0.816 bits per heavy atom. The summed E-state index contributed by atoms with van der Waals surface area (Å²) in [7, 11) is 0. The second-order valence-electron chi connectivity index (χ2n) is 8.89. The number of nitrogens with one attached hydrogen (secondary N) is 1. The van der Waals surface area contributed by atoms with E-state index in [1.165, 1.54) is 6.07 Å². The van der Waals surface area contributed by atoms with Crippen LogP contribution in [0.25, 0.3) is 33.0 Å². The Balaban J connectivity index is 1.31. The Morgan fingerprint density at radius 3 is 2.18 bits per heavy atom. The SMILES string of the molecule is O=C(NC(Cc1ccc(-c2ccccc2)cc1)C(=O)O)c1cc2ccc(-c3ccc(F)c(Cl)c3)cc2cn1. The lowest BCUT2D eigenvalue weighted by Crippen LogP contribution is -2.42. The average Bonchev–Trinajstić information content (AvgIpc) is 2.94. The molecule has 7 heteroatoms. The molecule has 0 saturated carbocycles. The Labute approximate surface area is 223 Å². The van der Waals surface area contributed by atoms with Gasteiger partial charge >= 0.3 is 5.97 Å². The van der Waals surface area contributed by atoms with E-state index in [2.05, 4.69) is 10.3 Å². The highest BCUT2D eigenvalue weighted by Crippen LogP contribution is 2.28. The predicted octanol–water partition coefficient (Wildman–Crippen LogP) is 6.79. The summed E-state index contributed by atoms with van der Waals surface area (Å²) in [6, 6.07) is 28.0. The molecule has 1 heterocycles. The lowest BCUT2D eigenvalue weighted by atomic mass is 10.0. The van der Waals surface area contributed by atoms with Crippen LogP contribution in [0.3, 0.4) is 0 Å². The molecule has 0 fully saturated rings. The van der Waals surface area contributed by atoms with Crippen molar-refractivity contribution in [2.45, 2.75) is 12.5 Å². The normalized spacial score (nSPS) is 11.7. The van der Waals surface area contributed by atoms with Crippen molar-refractivity contribution in [2.75, 3.05) is 0 Å². The summed E-state index contributed by atoms with van der Waals surface area (Å²) in [5.41, 5.74) is 4.57. The van der Waals surface area contributed by atoms with Crippen molar-refractivity contribution in [1.29, 1.82) is 0 Å². The molecule has 0 aliphatic rings. The first kappa shape index (κ1) is 25.1. The van der Waals surface area contributed by atoms with Crippen LogP contribution in [-0.4, -0.2) is 28.0 Å². The summed E-state index contributed by atoms with van der Waals surface area (Å²) >= 11 is 5.91. The number of benzene rings is 4. The third-order valence-electron chi connectivity index (χ3n) is 6.31. The molecule has 0 aliphatic carbocycles. The molecule has 1 aromatic heterocycles. The number of carboxylic acids is 1. The quantitative estimate of drug-likeness (QED) is 0.246. The lowest BCUT2D eigenvalue weighted by Gasteiger charge is -2.15. The summed E-state index contributed by atoms with van der Waals surface area (Å²) < 4.78 is 13.5. The van der Waals surface area contributed by atoms with Gasteiger partial charge in [-0.05, 0) is 57.5 Å². The van der Waals surface area contributed by atoms with Gasteiger partial charge in [0.1, 0.15) is 17.6 Å². The van der Waals surface area contributed by atoms with Gasteiger partial charge < -0.3 is 10.4 Å². The van der Waals surface area contributed by atoms with E-state index in [0.717, 1.165) is 38.6 Å². The highest BCUT2D eigenvalue weighted by molar-refractivity contribution is 6.31. The zero-order valence-corrected chi connectivity index (χ0v) is 20.8. The predicted molar refractivity (Wildman–Crippen MR) is 147 cm³/mol. The number of fused-ring (bicyclic) bond motifs is 1. The first-order valence-electron chi connectivity index (χ1n) is 11.9. The number of rotatable bonds is 7. The van der Waals surface area contributed by atoms with Crippen LogP contribution in [0.15, 0.2) is 103 Å². The topological polar surface area (TPSA) is 79.3 Å². The van der Waals surface area contributed by atoms with Crippen LogP contribution in [-0.2, 0) is 11.2 Å². The zero-order chi connectivity index (χ0) is 26.6. The molecule has 0 bridgehead atoms. The van der Waals surface area contributed by atoms with E-state index in [9.17, 15) is 19.1 Å². The van der Waals surface area contributed by atoms with E-state index in [1.807, 2.05) is 72.8 Å². The van der Waals surface area contributed by atoms with Crippen LogP contribution in [0.5, 0.6) is 0 Å². The number of carbonyl (C=O) groups excluding carboxylic acids is 1. The second kappa shape index (κ2) is 10.8. The molecule has 2 N–H and O–H groups in total. The molecule has 38 heavy (non-hydrogen) atoms. The largest absolute Gasteiger partial charge is 0.480 e. The second-order valence-corrected chi connectivity index (χ2v) is 9.30. The number of hydrogen-bond acceptors (Lipinski definition) is 3. The summed E-state index contributed by atoms with van der Waals surface area (Å²) in [6.45, 7) is 0. The Bertz CT molecular complexity index is 1640. The zero-order valence-electron chi connectivity index (χ0n) is 20.1. The molecule has 4 aromatic carbocycles. The fourth-order valence-electron chi connectivity index (χ4n) is 4.25. The molecular formula is C31H22ClFN2O3. The molecule has 188 valence electrons. The van der Waals surface area contributed by atoms with E-state index in [-0.39, 0.29) is 17.1 Å². The van der Waals surface area contributed by atoms with E-state index in [1.54, 1.807) is 24.4 Å². The van der Waals surface area contributed by atoms with Gasteiger partial charge in [-0.2, -0.15) is 0 Å². The van der Waals surface area contributed by atoms with Gasteiger partial charge in [0.2, 0.25) is 0 Å². The molecule has 5 nitrogen and oxygen atoms in total. The monoisotopic (exact) mass is 524 g/mol. The number of aromatic nitrogens is 1. The summed E-state index contributed by atoms with van der Waals surface area (Å²) in [6.07, 6.45) is 1.68. The number of amides is 1. The fraction of sp³-hybridized carbons (Fsp3) is 0.0645. The average molecular weight is 525 g/mol. The molecule has 5 rings (SSSR count). The van der Waals surface area contributed by atoms with Gasteiger partial charge in [0, 0.05) is 18.0 Å². The maximum absolute atomic E-state index is 13.5. The molecule has 5 aromatic rings. The smallest absolute Gasteiger partial charge is 0.326 e. The Hall–Kier alpha value is -4.55. The van der Waals surface area contributed by atoms with Gasteiger partial charge in [-0.1, -0.05) is 84.4 Å². The van der Waals surface area contributed by atoms with Crippen LogP contribution >= 0.6 is 11.6 Å². The van der Waals surface area contributed by atoms with Gasteiger partial charge in [-0.15, -0.1) is 0 Å². The molecule has 1 amide bonds. The van der Waals surface area contributed by atoms with Crippen LogP contribution in [0.4, 0.5) is 4.39 Å². The molecule has 0 spiro atoms. The standard InChI is InChI=1S/C31H22ClFN2O3/c32-26-16-23(12-13-27(26)33)22-10-11-24-17-28(34-18-25(24)15-22)30(36)35-29(31(37)38)14-19-6-8-21(9-7-19)20-4-2-1-3-5-20/h1-13,15-18,29H,14H2,(H,35,36)(H,37,38). The molecule has 1 unspecified atom stereocenters. The van der Waals surface area contributed by atoms with Gasteiger partial charge in [0.25, 0.3) is 5.91 Å². The molecule has 1 atom stereocenters. The fourth-order valence-corrected chi connectivity index (χ4v) is 4.43. The van der Waals surface area contributed by atoms with Crippen molar-refractivity contribution in [2.24, 2.45) is 0 Å². The number of aliphatic carboxylic acids is 1. The van der Waals surface area contributed by atoms with E-state index in [0.29, 0.717) is 0 Å². The van der Waals surface area contributed by atoms with E-state index in [4.69, 9.17) is 11.6 Å². The molecule has 0 saturated heterocycles. The van der Waals surface area contributed by atoms with Crippen molar-refractivity contribution < 1.29 is 19.1 Å². The maximum atomic E-state index is 13.5. The molecular weight excluding hydrogens is 503 g/mol. The Kier molecular flexibility index (Phi) is 7.15. The van der Waals surface area contributed by atoms with E-state index < -0.39 is 23.7 Å². The van der Waals surface area contributed by atoms with Crippen LogP contribution < -0.4 is 5.32 Å². The number of carbonyl (C=O) groups is 2. The van der Waals surface area contributed by atoms with Crippen LogP contribution in [0.1, 0.15) is 16.1 Å². The van der Waals surface area contributed by atoms with Gasteiger partial charge in [0.15, 0.2) is 0 Å². The minimum Gasteiger partial charge on any atom is -0.480 e.